The first-order valence-corrected chi connectivity index (χ1v) is 6.38. The Morgan fingerprint density at radius 2 is 2.16 bits per heavy atom. The van der Waals surface area contributed by atoms with Gasteiger partial charge in [0.15, 0.2) is 6.61 Å². The fourth-order valence-electron chi connectivity index (χ4n) is 1.91. The van der Waals surface area contributed by atoms with Crippen LogP contribution < -0.4 is 10.1 Å². The van der Waals surface area contributed by atoms with Gasteiger partial charge in [0.2, 0.25) is 0 Å². The van der Waals surface area contributed by atoms with Gasteiger partial charge < -0.3 is 15.2 Å². The molecule has 0 saturated heterocycles. The van der Waals surface area contributed by atoms with E-state index >= 15 is 0 Å². The Labute approximate surface area is 111 Å². The Morgan fingerprint density at radius 1 is 1.37 bits per heavy atom. The van der Waals surface area contributed by atoms with Crippen LogP contribution in [0.2, 0.25) is 0 Å². The molecular weight excluding hydrogens is 246 g/mol. The summed E-state index contributed by atoms with van der Waals surface area (Å²) in [5.74, 6) is -0.193. The molecule has 1 aliphatic carbocycles. The van der Waals surface area contributed by atoms with Gasteiger partial charge in [-0.2, -0.15) is 0 Å². The van der Waals surface area contributed by atoms with Gasteiger partial charge in [0.25, 0.3) is 5.91 Å². The van der Waals surface area contributed by atoms with E-state index in [0.29, 0.717) is 23.8 Å². The van der Waals surface area contributed by atoms with Crippen LogP contribution in [0.5, 0.6) is 5.75 Å². The number of hydrogen-bond acceptors (Lipinski definition) is 3. The van der Waals surface area contributed by atoms with Crippen LogP contribution in [0.25, 0.3) is 0 Å². The number of ether oxygens (including phenoxy) is 1. The Bertz CT molecular complexity index is 468. The lowest BCUT2D eigenvalue weighted by atomic mass is 9.85. The maximum absolute atomic E-state index is 11.9. The molecule has 0 aliphatic heterocycles. The van der Waals surface area contributed by atoms with Crippen molar-refractivity contribution in [2.75, 3.05) is 13.2 Å². The van der Waals surface area contributed by atoms with E-state index in [1.165, 1.54) is 19.3 Å². The summed E-state index contributed by atoms with van der Waals surface area (Å²) in [5, 5.41) is 11.4. The third-order valence-electron chi connectivity index (χ3n) is 3.23. The predicted molar refractivity (Wildman–Crippen MR) is 69.2 cm³/mol. The van der Waals surface area contributed by atoms with Gasteiger partial charge in [-0.15, -0.1) is 0 Å². The SMILES string of the molecule is O=C(O)COc1cccc(C(=O)NCC2CCC2)c1. The van der Waals surface area contributed by atoms with Gasteiger partial charge >= 0.3 is 5.97 Å². The summed E-state index contributed by atoms with van der Waals surface area (Å²) in [5.41, 5.74) is 0.488. The zero-order valence-corrected chi connectivity index (χ0v) is 10.6. The molecule has 1 aromatic rings. The molecule has 0 radical (unpaired) electrons. The van der Waals surface area contributed by atoms with Crippen LogP contribution in [0.4, 0.5) is 0 Å². The quantitative estimate of drug-likeness (QED) is 0.818. The summed E-state index contributed by atoms with van der Waals surface area (Å²) < 4.78 is 5.04. The molecule has 0 atom stereocenters. The number of carboxylic acid groups (broad SMARTS) is 1. The van der Waals surface area contributed by atoms with Gasteiger partial charge in [-0.05, 0) is 37.0 Å². The van der Waals surface area contributed by atoms with Crippen molar-refractivity contribution in [3.63, 3.8) is 0 Å². The molecule has 19 heavy (non-hydrogen) atoms. The van der Waals surface area contributed by atoms with Crippen LogP contribution in [-0.4, -0.2) is 30.1 Å². The minimum atomic E-state index is -1.04. The van der Waals surface area contributed by atoms with Gasteiger partial charge in [0.1, 0.15) is 5.75 Å². The van der Waals surface area contributed by atoms with E-state index in [-0.39, 0.29) is 5.91 Å². The minimum absolute atomic E-state index is 0.146. The molecule has 1 amide bonds. The van der Waals surface area contributed by atoms with E-state index in [1.807, 2.05) is 0 Å². The number of rotatable bonds is 6. The molecule has 0 spiro atoms. The van der Waals surface area contributed by atoms with E-state index in [0.717, 1.165) is 0 Å². The van der Waals surface area contributed by atoms with E-state index in [9.17, 15) is 9.59 Å². The molecule has 102 valence electrons. The Morgan fingerprint density at radius 3 is 2.79 bits per heavy atom. The van der Waals surface area contributed by atoms with Crippen LogP contribution in [0.1, 0.15) is 29.6 Å². The predicted octanol–water partition coefficient (Wildman–Crippen LogP) is 1.68. The van der Waals surface area contributed by atoms with Crippen molar-refractivity contribution >= 4 is 11.9 Å². The maximum Gasteiger partial charge on any atom is 0.341 e. The molecule has 1 fully saturated rings. The first-order chi connectivity index (χ1) is 9.15. The third kappa shape index (κ3) is 3.98. The standard InChI is InChI=1S/C14H17NO4/c16-13(17)9-19-12-6-2-5-11(7-12)14(18)15-8-10-3-1-4-10/h2,5-7,10H,1,3-4,8-9H2,(H,15,18)(H,16,17). The number of benzene rings is 1. The molecule has 5 nitrogen and oxygen atoms in total. The van der Waals surface area contributed by atoms with Gasteiger partial charge in [0, 0.05) is 12.1 Å². The van der Waals surface area contributed by atoms with Crippen molar-refractivity contribution in [1.29, 1.82) is 0 Å². The fraction of sp³-hybridized carbons (Fsp3) is 0.429. The van der Waals surface area contributed by atoms with Crippen LogP contribution in [0.3, 0.4) is 0 Å². The lowest BCUT2D eigenvalue weighted by Crippen LogP contribution is -2.32. The van der Waals surface area contributed by atoms with Crippen molar-refractivity contribution in [3.05, 3.63) is 29.8 Å². The van der Waals surface area contributed by atoms with Crippen molar-refractivity contribution < 1.29 is 19.4 Å². The summed E-state index contributed by atoms with van der Waals surface area (Å²) in [7, 11) is 0. The second-order valence-corrected chi connectivity index (χ2v) is 4.72. The number of nitrogens with one attached hydrogen (secondary N) is 1. The fourth-order valence-corrected chi connectivity index (χ4v) is 1.91. The number of aliphatic carboxylic acids is 1. The second-order valence-electron chi connectivity index (χ2n) is 4.72. The minimum Gasteiger partial charge on any atom is -0.482 e. The normalized spacial score (nSPS) is 14.5. The van der Waals surface area contributed by atoms with Crippen LogP contribution >= 0.6 is 0 Å². The summed E-state index contributed by atoms with van der Waals surface area (Å²) in [4.78, 5) is 22.3. The third-order valence-corrected chi connectivity index (χ3v) is 3.23. The average molecular weight is 263 g/mol. The molecule has 1 aromatic carbocycles. The number of hydrogen-bond donors (Lipinski definition) is 2. The van der Waals surface area contributed by atoms with Crippen molar-refractivity contribution in [1.82, 2.24) is 5.32 Å². The highest BCUT2D eigenvalue weighted by atomic mass is 16.5. The van der Waals surface area contributed by atoms with E-state index in [1.54, 1.807) is 24.3 Å². The largest absolute Gasteiger partial charge is 0.482 e. The Balaban J connectivity index is 1.89. The lowest BCUT2D eigenvalue weighted by Gasteiger charge is -2.25. The summed E-state index contributed by atoms with van der Waals surface area (Å²) in [6, 6.07) is 6.55. The molecule has 0 aromatic heterocycles. The summed E-state index contributed by atoms with van der Waals surface area (Å²) >= 11 is 0. The van der Waals surface area contributed by atoms with E-state index < -0.39 is 12.6 Å². The summed E-state index contributed by atoms with van der Waals surface area (Å²) in [6.07, 6.45) is 3.61. The van der Waals surface area contributed by atoms with Gasteiger partial charge in [-0.25, -0.2) is 4.79 Å². The van der Waals surface area contributed by atoms with Crippen molar-refractivity contribution in [3.8, 4) is 5.75 Å². The molecule has 0 unspecified atom stereocenters. The first-order valence-electron chi connectivity index (χ1n) is 6.38. The molecule has 0 bridgehead atoms. The summed E-state index contributed by atoms with van der Waals surface area (Å²) in [6.45, 7) is 0.298. The molecule has 1 aliphatic rings. The molecule has 2 rings (SSSR count). The monoisotopic (exact) mass is 263 g/mol. The van der Waals surface area contributed by atoms with E-state index in [2.05, 4.69) is 5.32 Å². The smallest absolute Gasteiger partial charge is 0.341 e. The molecule has 5 heteroatoms. The van der Waals surface area contributed by atoms with E-state index in [4.69, 9.17) is 9.84 Å². The Kier molecular flexibility index (Phi) is 4.39. The zero-order valence-electron chi connectivity index (χ0n) is 10.6. The Hall–Kier alpha value is -2.04. The van der Waals surface area contributed by atoms with Crippen molar-refractivity contribution in [2.45, 2.75) is 19.3 Å². The highest BCUT2D eigenvalue weighted by molar-refractivity contribution is 5.94. The lowest BCUT2D eigenvalue weighted by molar-refractivity contribution is -0.139. The van der Waals surface area contributed by atoms with Crippen LogP contribution in [0.15, 0.2) is 24.3 Å². The van der Waals surface area contributed by atoms with Crippen molar-refractivity contribution in [2.24, 2.45) is 5.92 Å². The zero-order chi connectivity index (χ0) is 13.7. The maximum atomic E-state index is 11.9. The molecule has 2 N–H and O–H groups in total. The van der Waals surface area contributed by atoms with Gasteiger partial charge in [-0.1, -0.05) is 12.5 Å². The molecule has 1 saturated carbocycles. The van der Waals surface area contributed by atoms with Gasteiger partial charge in [0.05, 0.1) is 0 Å². The number of carbonyl (C=O) groups is 2. The first kappa shape index (κ1) is 13.4. The van der Waals surface area contributed by atoms with Crippen LogP contribution in [-0.2, 0) is 4.79 Å². The molecular formula is C14H17NO4. The number of amides is 1. The highest BCUT2D eigenvalue weighted by Crippen LogP contribution is 2.25. The average Bonchev–Trinajstić information content (AvgIpc) is 2.34. The highest BCUT2D eigenvalue weighted by Gasteiger charge is 2.18. The van der Waals surface area contributed by atoms with Gasteiger partial charge in [-0.3, -0.25) is 4.79 Å². The number of carbonyl (C=O) groups excluding carboxylic acids is 1. The topological polar surface area (TPSA) is 75.6 Å². The molecule has 0 heterocycles. The van der Waals surface area contributed by atoms with Crippen LogP contribution in [0, 0.1) is 5.92 Å². The number of carboxylic acids is 1. The second kappa shape index (κ2) is 6.22.